The van der Waals surface area contributed by atoms with E-state index in [-0.39, 0.29) is 0 Å². The van der Waals surface area contributed by atoms with Crippen LogP contribution in [0.4, 0.5) is 0 Å². The van der Waals surface area contributed by atoms with Crippen LogP contribution in [0, 0.1) is 13.8 Å². The molecule has 0 amide bonds. The van der Waals surface area contributed by atoms with Gasteiger partial charge in [-0.1, -0.05) is 53.6 Å². The monoisotopic (exact) mass is 266 g/mol. The fraction of sp³-hybridized carbons (Fsp3) is 0.368. The quantitative estimate of drug-likeness (QED) is 0.866. The molecule has 0 heterocycles. The maximum atomic E-state index is 10.4. The molecule has 2 aromatic carbocycles. The van der Waals surface area contributed by atoms with Crippen molar-refractivity contribution in [2.45, 2.75) is 45.1 Å². The molecule has 1 heteroatoms. The molecular formula is C19H22O. The molecule has 1 aliphatic rings. The van der Waals surface area contributed by atoms with E-state index in [9.17, 15) is 5.11 Å². The lowest BCUT2D eigenvalue weighted by Gasteiger charge is -2.13. The van der Waals surface area contributed by atoms with E-state index < -0.39 is 6.10 Å². The van der Waals surface area contributed by atoms with Crippen LogP contribution in [0.5, 0.6) is 0 Å². The van der Waals surface area contributed by atoms with E-state index in [4.69, 9.17) is 0 Å². The Balaban J connectivity index is 1.72. The summed E-state index contributed by atoms with van der Waals surface area (Å²) < 4.78 is 0. The molecule has 0 aliphatic heterocycles. The van der Waals surface area contributed by atoms with Crippen molar-refractivity contribution in [2.75, 3.05) is 0 Å². The van der Waals surface area contributed by atoms with Crippen molar-refractivity contribution in [1.82, 2.24) is 0 Å². The van der Waals surface area contributed by atoms with Crippen molar-refractivity contribution in [3.63, 3.8) is 0 Å². The first kappa shape index (κ1) is 13.4. The second kappa shape index (κ2) is 5.41. The van der Waals surface area contributed by atoms with Crippen LogP contribution in [0.3, 0.4) is 0 Å². The van der Waals surface area contributed by atoms with Gasteiger partial charge in [-0.15, -0.1) is 0 Å². The molecule has 0 saturated heterocycles. The third-order valence-electron chi connectivity index (χ3n) is 4.08. The van der Waals surface area contributed by atoms with Crippen LogP contribution in [0.25, 0.3) is 0 Å². The summed E-state index contributed by atoms with van der Waals surface area (Å²) in [7, 11) is 0. The highest BCUT2D eigenvalue weighted by Gasteiger charge is 2.23. The zero-order valence-corrected chi connectivity index (χ0v) is 12.3. The van der Waals surface area contributed by atoms with Crippen LogP contribution in [0.1, 0.15) is 52.7 Å². The fourth-order valence-electron chi connectivity index (χ4n) is 2.93. The van der Waals surface area contributed by atoms with E-state index >= 15 is 0 Å². The fourth-order valence-corrected chi connectivity index (χ4v) is 2.93. The van der Waals surface area contributed by atoms with Gasteiger partial charge >= 0.3 is 0 Å². The minimum absolute atomic E-state index is 0.413. The Hall–Kier alpha value is -1.60. The minimum atomic E-state index is -0.413. The number of aryl methyl sites for hydroxylation is 2. The number of aliphatic hydroxyl groups excluding tert-OH is 1. The highest BCUT2D eigenvalue weighted by Crippen LogP contribution is 2.40. The van der Waals surface area contributed by atoms with E-state index in [0.717, 1.165) is 11.5 Å². The van der Waals surface area contributed by atoms with Crippen molar-refractivity contribution < 1.29 is 5.11 Å². The summed E-state index contributed by atoms with van der Waals surface area (Å²) in [4.78, 5) is 0. The summed E-state index contributed by atoms with van der Waals surface area (Å²) in [6.07, 6.45) is 2.92. The van der Waals surface area contributed by atoms with Gasteiger partial charge < -0.3 is 5.11 Å². The standard InChI is InChI=1S/C19H22O/c1-13-9-14(2)11-15(10-13)12-19(20)18-7-5-17(6-8-18)16-3-4-16/h5-11,16,19-20H,3-4,12H2,1-2H3. The maximum Gasteiger partial charge on any atom is 0.0830 e. The molecular weight excluding hydrogens is 244 g/mol. The zero-order valence-electron chi connectivity index (χ0n) is 12.3. The number of hydrogen-bond donors (Lipinski definition) is 1. The van der Waals surface area contributed by atoms with Crippen molar-refractivity contribution in [2.24, 2.45) is 0 Å². The average Bonchev–Trinajstić information content (AvgIpc) is 3.22. The van der Waals surface area contributed by atoms with Gasteiger partial charge in [0.1, 0.15) is 0 Å². The maximum absolute atomic E-state index is 10.4. The highest BCUT2D eigenvalue weighted by atomic mass is 16.3. The lowest BCUT2D eigenvalue weighted by atomic mass is 9.97. The summed E-state index contributed by atoms with van der Waals surface area (Å²) in [6.45, 7) is 4.21. The first-order valence-electron chi connectivity index (χ1n) is 7.47. The van der Waals surface area contributed by atoms with Crippen LogP contribution in [0.2, 0.25) is 0 Å². The molecule has 20 heavy (non-hydrogen) atoms. The van der Waals surface area contributed by atoms with E-state index in [2.05, 4.69) is 56.3 Å². The Labute approximate surface area is 121 Å². The number of benzene rings is 2. The molecule has 1 nitrogen and oxygen atoms in total. The molecule has 3 rings (SSSR count). The SMILES string of the molecule is Cc1cc(C)cc(CC(O)c2ccc(C3CC3)cc2)c1. The molecule has 1 N–H and O–H groups in total. The molecule has 0 radical (unpaired) electrons. The Morgan fingerprint density at radius 2 is 1.60 bits per heavy atom. The first-order chi connectivity index (χ1) is 9.61. The lowest BCUT2D eigenvalue weighted by Crippen LogP contribution is -2.02. The largest absolute Gasteiger partial charge is 0.388 e. The summed E-state index contributed by atoms with van der Waals surface area (Å²) in [6, 6.07) is 15.0. The van der Waals surface area contributed by atoms with Gasteiger partial charge in [-0.25, -0.2) is 0 Å². The Morgan fingerprint density at radius 1 is 1.00 bits per heavy atom. The van der Waals surface area contributed by atoms with Gasteiger partial charge in [0, 0.05) is 6.42 Å². The number of rotatable bonds is 4. The Bertz CT molecular complexity index is 573. The van der Waals surface area contributed by atoms with Gasteiger partial charge in [0.25, 0.3) is 0 Å². The van der Waals surface area contributed by atoms with Crippen molar-refractivity contribution in [1.29, 1.82) is 0 Å². The summed E-state index contributed by atoms with van der Waals surface area (Å²) in [5, 5.41) is 10.4. The van der Waals surface area contributed by atoms with E-state index in [1.807, 2.05) is 0 Å². The molecule has 1 unspecified atom stereocenters. The highest BCUT2D eigenvalue weighted by molar-refractivity contribution is 5.32. The molecule has 1 atom stereocenters. The second-order valence-corrected chi connectivity index (χ2v) is 6.16. The van der Waals surface area contributed by atoms with Crippen molar-refractivity contribution >= 4 is 0 Å². The van der Waals surface area contributed by atoms with Gasteiger partial charge in [-0.2, -0.15) is 0 Å². The van der Waals surface area contributed by atoms with Gasteiger partial charge in [-0.05, 0) is 49.3 Å². The van der Waals surface area contributed by atoms with Gasteiger partial charge in [0.15, 0.2) is 0 Å². The topological polar surface area (TPSA) is 20.2 Å². The predicted molar refractivity (Wildman–Crippen MR) is 83.0 cm³/mol. The molecule has 2 aromatic rings. The molecule has 0 spiro atoms. The Kier molecular flexibility index (Phi) is 3.62. The van der Waals surface area contributed by atoms with Crippen LogP contribution in [-0.2, 0) is 6.42 Å². The van der Waals surface area contributed by atoms with Crippen molar-refractivity contribution in [3.05, 3.63) is 70.3 Å². The average molecular weight is 266 g/mol. The molecule has 0 aromatic heterocycles. The normalized spacial score (nSPS) is 16.1. The molecule has 1 aliphatic carbocycles. The third kappa shape index (κ3) is 3.10. The summed E-state index contributed by atoms with van der Waals surface area (Å²) in [5.74, 6) is 0.778. The first-order valence-corrected chi connectivity index (χ1v) is 7.47. The van der Waals surface area contributed by atoms with Gasteiger partial charge in [0.05, 0.1) is 6.10 Å². The molecule has 0 bridgehead atoms. The van der Waals surface area contributed by atoms with Crippen molar-refractivity contribution in [3.8, 4) is 0 Å². The Morgan fingerprint density at radius 3 is 2.15 bits per heavy atom. The van der Waals surface area contributed by atoms with Gasteiger partial charge in [-0.3, -0.25) is 0 Å². The van der Waals surface area contributed by atoms with Crippen LogP contribution < -0.4 is 0 Å². The van der Waals surface area contributed by atoms with E-state index in [1.165, 1.54) is 35.1 Å². The number of aliphatic hydroxyl groups is 1. The van der Waals surface area contributed by atoms with Gasteiger partial charge in [0.2, 0.25) is 0 Å². The predicted octanol–water partition coefficient (Wildman–Crippen LogP) is 4.46. The van der Waals surface area contributed by atoms with E-state index in [1.54, 1.807) is 0 Å². The number of hydrogen-bond acceptors (Lipinski definition) is 1. The zero-order chi connectivity index (χ0) is 14.1. The molecule has 104 valence electrons. The smallest absolute Gasteiger partial charge is 0.0830 e. The summed E-state index contributed by atoms with van der Waals surface area (Å²) >= 11 is 0. The molecule has 1 fully saturated rings. The minimum Gasteiger partial charge on any atom is -0.388 e. The van der Waals surface area contributed by atoms with E-state index in [0.29, 0.717) is 6.42 Å². The summed E-state index contributed by atoms with van der Waals surface area (Å²) in [5.41, 5.74) is 6.18. The third-order valence-corrected chi connectivity index (χ3v) is 4.08. The second-order valence-electron chi connectivity index (χ2n) is 6.16. The lowest BCUT2D eigenvalue weighted by molar-refractivity contribution is 0.178. The molecule has 1 saturated carbocycles. The van der Waals surface area contributed by atoms with Crippen LogP contribution in [0.15, 0.2) is 42.5 Å². The van der Waals surface area contributed by atoms with Crippen LogP contribution in [-0.4, -0.2) is 5.11 Å². The van der Waals surface area contributed by atoms with Crippen LogP contribution >= 0.6 is 0 Å².